The van der Waals surface area contributed by atoms with E-state index in [1.54, 1.807) is 37.4 Å². The Morgan fingerprint density at radius 2 is 1.86 bits per heavy atom. The standard InChI is InChI=1S/C16H15NO5/c1-20-13-6-4-11(7-15(13)21-2)17-9-10-3-5-12(18)8-14(10)22-16(17)19/h3-8,18H,9H2,1-2H3. The highest BCUT2D eigenvalue weighted by Gasteiger charge is 2.27. The molecule has 0 spiro atoms. The molecule has 1 heterocycles. The molecule has 114 valence electrons. The predicted octanol–water partition coefficient (Wildman–Crippen LogP) is 2.93. The molecule has 6 heteroatoms. The maximum Gasteiger partial charge on any atom is 0.420 e. The summed E-state index contributed by atoms with van der Waals surface area (Å²) in [5, 5.41) is 9.45. The summed E-state index contributed by atoms with van der Waals surface area (Å²) in [6.45, 7) is 0.351. The molecule has 1 amide bonds. The number of ether oxygens (including phenoxy) is 3. The quantitative estimate of drug-likeness (QED) is 0.944. The number of amides is 1. The van der Waals surface area contributed by atoms with E-state index in [2.05, 4.69) is 0 Å². The highest BCUT2D eigenvalue weighted by molar-refractivity contribution is 5.91. The maximum absolute atomic E-state index is 12.2. The summed E-state index contributed by atoms with van der Waals surface area (Å²) >= 11 is 0. The van der Waals surface area contributed by atoms with E-state index < -0.39 is 6.09 Å². The number of hydrogen-bond acceptors (Lipinski definition) is 5. The van der Waals surface area contributed by atoms with Gasteiger partial charge in [-0.1, -0.05) is 0 Å². The monoisotopic (exact) mass is 301 g/mol. The lowest BCUT2D eigenvalue weighted by Crippen LogP contribution is -2.36. The maximum atomic E-state index is 12.2. The van der Waals surface area contributed by atoms with Crippen molar-refractivity contribution >= 4 is 11.8 Å². The van der Waals surface area contributed by atoms with E-state index in [1.165, 1.54) is 18.1 Å². The van der Waals surface area contributed by atoms with Gasteiger partial charge in [0.15, 0.2) is 11.5 Å². The predicted molar refractivity (Wildman–Crippen MR) is 79.9 cm³/mol. The number of phenols is 1. The van der Waals surface area contributed by atoms with E-state index in [0.29, 0.717) is 29.5 Å². The largest absolute Gasteiger partial charge is 0.508 e. The van der Waals surface area contributed by atoms with Gasteiger partial charge in [-0.2, -0.15) is 0 Å². The first-order chi connectivity index (χ1) is 10.6. The number of aromatic hydroxyl groups is 1. The molecule has 22 heavy (non-hydrogen) atoms. The Labute approximate surface area is 127 Å². The normalized spacial score (nSPS) is 13.4. The highest BCUT2D eigenvalue weighted by Crippen LogP contribution is 2.36. The van der Waals surface area contributed by atoms with E-state index in [4.69, 9.17) is 14.2 Å². The molecule has 0 saturated heterocycles. The van der Waals surface area contributed by atoms with E-state index in [-0.39, 0.29) is 5.75 Å². The molecule has 1 aliphatic rings. The van der Waals surface area contributed by atoms with Crippen LogP contribution in [0.15, 0.2) is 36.4 Å². The van der Waals surface area contributed by atoms with Crippen molar-refractivity contribution in [2.24, 2.45) is 0 Å². The van der Waals surface area contributed by atoms with Crippen LogP contribution in [0, 0.1) is 0 Å². The summed E-state index contributed by atoms with van der Waals surface area (Å²) < 4.78 is 15.7. The average Bonchev–Trinajstić information content (AvgIpc) is 2.53. The molecular formula is C16H15NO5. The van der Waals surface area contributed by atoms with E-state index >= 15 is 0 Å². The molecule has 2 aromatic rings. The molecule has 6 nitrogen and oxygen atoms in total. The van der Waals surface area contributed by atoms with Gasteiger partial charge in [-0.15, -0.1) is 0 Å². The molecule has 0 bridgehead atoms. The van der Waals surface area contributed by atoms with Crippen molar-refractivity contribution in [1.29, 1.82) is 0 Å². The number of carbonyl (C=O) groups excluding carboxylic acids is 1. The lowest BCUT2D eigenvalue weighted by Gasteiger charge is -2.28. The van der Waals surface area contributed by atoms with Gasteiger partial charge in [0.25, 0.3) is 0 Å². The van der Waals surface area contributed by atoms with Crippen molar-refractivity contribution in [2.75, 3.05) is 19.1 Å². The Kier molecular flexibility index (Phi) is 3.50. The first kappa shape index (κ1) is 14.1. The summed E-state index contributed by atoms with van der Waals surface area (Å²) in [7, 11) is 3.09. The van der Waals surface area contributed by atoms with Crippen LogP contribution < -0.4 is 19.1 Å². The Morgan fingerprint density at radius 1 is 1.09 bits per heavy atom. The minimum atomic E-state index is -0.509. The molecule has 1 N–H and O–H groups in total. The molecule has 1 aliphatic heterocycles. The Bertz CT molecular complexity index is 728. The van der Waals surface area contributed by atoms with E-state index in [1.807, 2.05) is 0 Å². The van der Waals surface area contributed by atoms with Crippen LogP contribution in [0.1, 0.15) is 5.56 Å². The SMILES string of the molecule is COc1ccc(N2Cc3ccc(O)cc3OC2=O)cc1OC. The number of methoxy groups -OCH3 is 2. The van der Waals surface area contributed by atoms with Crippen molar-refractivity contribution in [3.8, 4) is 23.0 Å². The molecule has 0 atom stereocenters. The third kappa shape index (κ3) is 2.39. The van der Waals surface area contributed by atoms with Gasteiger partial charge in [0, 0.05) is 17.7 Å². The average molecular weight is 301 g/mol. The van der Waals surface area contributed by atoms with E-state index in [0.717, 1.165) is 5.56 Å². The number of anilines is 1. The van der Waals surface area contributed by atoms with Crippen LogP contribution in [0.5, 0.6) is 23.0 Å². The van der Waals surface area contributed by atoms with Crippen molar-refractivity contribution in [3.05, 3.63) is 42.0 Å². The Balaban J connectivity index is 1.95. The van der Waals surface area contributed by atoms with Crippen LogP contribution in [-0.4, -0.2) is 25.4 Å². The first-order valence-electron chi connectivity index (χ1n) is 6.65. The second kappa shape index (κ2) is 5.48. The zero-order chi connectivity index (χ0) is 15.7. The smallest absolute Gasteiger partial charge is 0.420 e. The molecule has 0 saturated carbocycles. The summed E-state index contributed by atoms with van der Waals surface area (Å²) in [5.74, 6) is 1.55. The van der Waals surface area contributed by atoms with Gasteiger partial charge in [-0.3, -0.25) is 4.90 Å². The first-order valence-corrected chi connectivity index (χ1v) is 6.65. The van der Waals surface area contributed by atoms with Gasteiger partial charge in [0.1, 0.15) is 11.5 Å². The molecule has 0 radical (unpaired) electrons. The molecule has 0 fully saturated rings. The van der Waals surface area contributed by atoms with Crippen LogP contribution in [-0.2, 0) is 6.54 Å². The minimum absolute atomic E-state index is 0.0612. The minimum Gasteiger partial charge on any atom is -0.508 e. The van der Waals surface area contributed by atoms with Crippen molar-refractivity contribution in [1.82, 2.24) is 0 Å². The molecule has 2 aromatic carbocycles. The molecule has 3 rings (SSSR count). The second-order valence-electron chi connectivity index (χ2n) is 4.79. The van der Waals surface area contributed by atoms with Crippen LogP contribution in [0.3, 0.4) is 0 Å². The fraction of sp³-hybridized carbons (Fsp3) is 0.188. The second-order valence-corrected chi connectivity index (χ2v) is 4.79. The van der Waals surface area contributed by atoms with Gasteiger partial charge in [0.05, 0.1) is 26.5 Å². The number of hydrogen-bond donors (Lipinski definition) is 1. The van der Waals surface area contributed by atoms with Crippen molar-refractivity contribution < 1.29 is 24.1 Å². The fourth-order valence-electron chi connectivity index (χ4n) is 2.34. The summed E-state index contributed by atoms with van der Waals surface area (Å²) in [5.41, 5.74) is 1.45. The topological polar surface area (TPSA) is 68.2 Å². The number of benzene rings is 2. The van der Waals surface area contributed by atoms with Crippen molar-refractivity contribution in [2.45, 2.75) is 6.54 Å². The number of nitrogens with zero attached hydrogens (tertiary/aromatic N) is 1. The van der Waals surface area contributed by atoms with E-state index in [9.17, 15) is 9.90 Å². The lowest BCUT2D eigenvalue weighted by atomic mass is 10.1. The molecule has 0 aromatic heterocycles. The van der Waals surface area contributed by atoms with Gasteiger partial charge in [-0.05, 0) is 24.3 Å². The Morgan fingerprint density at radius 3 is 2.59 bits per heavy atom. The molecular weight excluding hydrogens is 286 g/mol. The Hall–Kier alpha value is -2.89. The van der Waals surface area contributed by atoms with Gasteiger partial charge in [-0.25, -0.2) is 4.79 Å². The number of phenolic OH excluding ortho intramolecular Hbond substituents is 1. The summed E-state index contributed by atoms with van der Waals surface area (Å²) in [4.78, 5) is 13.7. The number of fused-ring (bicyclic) bond motifs is 1. The fourth-order valence-corrected chi connectivity index (χ4v) is 2.34. The number of rotatable bonds is 3. The molecule has 0 unspecified atom stereocenters. The summed E-state index contributed by atoms with van der Waals surface area (Å²) in [6, 6.07) is 9.92. The van der Waals surface area contributed by atoms with Gasteiger partial charge in [0.2, 0.25) is 0 Å². The van der Waals surface area contributed by atoms with Gasteiger partial charge >= 0.3 is 6.09 Å². The van der Waals surface area contributed by atoms with Crippen LogP contribution in [0.2, 0.25) is 0 Å². The third-order valence-electron chi connectivity index (χ3n) is 3.48. The van der Waals surface area contributed by atoms with Gasteiger partial charge < -0.3 is 19.3 Å². The zero-order valence-electron chi connectivity index (χ0n) is 12.2. The number of carbonyl (C=O) groups is 1. The van der Waals surface area contributed by atoms with Crippen LogP contribution in [0.25, 0.3) is 0 Å². The molecule has 0 aliphatic carbocycles. The summed E-state index contributed by atoms with van der Waals surface area (Å²) in [6.07, 6.45) is -0.509. The van der Waals surface area contributed by atoms with Crippen LogP contribution in [0.4, 0.5) is 10.5 Å². The zero-order valence-corrected chi connectivity index (χ0v) is 12.2. The lowest BCUT2D eigenvalue weighted by molar-refractivity contribution is 0.202. The van der Waals surface area contributed by atoms with Crippen LogP contribution >= 0.6 is 0 Å². The third-order valence-corrected chi connectivity index (χ3v) is 3.48. The highest BCUT2D eigenvalue weighted by atomic mass is 16.6. The van der Waals surface area contributed by atoms with Crippen molar-refractivity contribution in [3.63, 3.8) is 0 Å².